The molecule has 2 aromatic rings. The highest BCUT2D eigenvalue weighted by molar-refractivity contribution is 6.31. The third kappa shape index (κ3) is 5.75. The average Bonchev–Trinajstić information content (AvgIpc) is 2.64. The summed E-state index contributed by atoms with van der Waals surface area (Å²) >= 11 is 6.05. The first-order chi connectivity index (χ1) is 12.5. The van der Waals surface area contributed by atoms with Crippen LogP contribution in [-0.2, 0) is 9.53 Å². The lowest BCUT2D eigenvalue weighted by Gasteiger charge is -2.11. The molecule has 0 saturated heterocycles. The Balaban J connectivity index is 1.90. The van der Waals surface area contributed by atoms with E-state index in [0.717, 1.165) is 5.56 Å². The fourth-order valence-electron chi connectivity index (χ4n) is 2.26. The molecule has 0 spiro atoms. The highest BCUT2D eigenvalue weighted by Gasteiger charge is 2.08. The van der Waals surface area contributed by atoms with Crippen LogP contribution in [0.2, 0.25) is 5.02 Å². The molecule has 0 aliphatic carbocycles. The number of halogens is 1. The zero-order chi connectivity index (χ0) is 18.9. The van der Waals surface area contributed by atoms with Crippen molar-refractivity contribution in [3.05, 3.63) is 58.6 Å². The van der Waals surface area contributed by atoms with E-state index in [4.69, 9.17) is 16.3 Å². The maximum absolute atomic E-state index is 12.1. The fourth-order valence-corrected chi connectivity index (χ4v) is 2.43. The molecule has 2 aromatic carbocycles. The third-order valence-corrected chi connectivity index (χ3v) is 4.12. The highest BCUT2D eigenvalue weighted by Crippen LogP contribution is 2.22. The number of ether oxygens (including phenoxy) is 1. The molecule has 6 nitrogen and oxygen atoms in total. The van der Waals surface area contributed by atoms with Crippen LogP contribution in [0, 0.1) is 6.92 Å². The van der Waals surface area contributed by atoms with E-state index in [0.29, 0.717) is 35.1 Å². The first-order valence-electron chi connectivity index (χ1n) is 8.17. The average molecular weight is 376 g/mol. The van der Waals surface area contributed by atoms with Crippen LogP contribution < -0.4 is 16.0 Å². The topological polar surface area (TPSA) is 79.5 Å². The summed E-state index contributed by atoms with van der Waals surface area (Å²) in [6, 6.07) is 12.3. The van der Waals surface area contributed by atoms with E-state index in [1.165, 1.54) is 0 Å². The van der Waals surface area contributed by atoms with Crippen LogP contribution in [0.3, 0.4) is 0 Å². The predicted molar refractivity (Wildman–Crippen MR) is 104 cm³/mol. The number of methoxy groups -OCH3 is 1. The molecule has 0 bridgehead atoms. The number of hydrogen-bond donors (Lipinski definition) is 3. The Morgan fingerprint density at radius 3 is 2.69 bits per heavy atom. The molecule has 0 aliphatic rings. The Morgan fingerprint density at radius 1 is 1.15 bits per heavy atom. The van der Waals surface area contributed by atoms with Gasteiger partial charge in [0.25, 0.3) is 5.91 Å². The summed E-state index contributed by atoms with van der Waals surface area (Å²) in [5.41, 5.74) is 2.69. The van der Waals surface area contributed by atoms with Gasteiger partial charge in [0, 0.05) is 35.6 Å². The largest absolute Gasteiger partial charge is 0.383 e. The normalized spacial score (nSPS) is 10.3. The van der Waals surface area contributed by atoms with E-state index in [1.807, 2.05) is 6.92 Å². The number of carbonyl (C=O) groups is 2. The number of nitrogens with one attached hydrogen (secondary N) is 3. The van der Waals surface area contributed by atoms with Gasteiger partial charge < -0.3 is 20.7 Å². The van der Waals surface area contributed by atoms with Gasteiger partial charge >= 0.3 is 0 Å². The molecule has 0 atom stereocenters. The van der Waals surface area contributed by atoms with Gasteiger partial charge in [-0.25, -0.2) is 0 Å². The van der Waals surface area contributed by atoms with Gasteiger partial charge in [0.15, 0.2) is 0 Å². The number of benzene rings is 2. The molecule has 0 aliphatic heterocycles. The Morgan fingerprint density at radius 2 is 1.92 bits per heavy atom. The molecule has 2 amide bonds. The summed E-state index contributed by atoms with van der Waals surface area (Å²) in [5, 5.41) is 9.18. The van der Waals surface area contributed by atoms with Gasteiger partial charge in [0.05, 0.1) is 13.2 Å². The Bertz CT molecular complexity index is 780. The third-order valence-electron chi connectivity index (χ3n) is 3.71. The quantitative estimate of drug-likeness (QED) is 0.619. The molecule has 0 radical (unpaired) electrons. The van der Waals surface area contributed by atoms with Crippen LogP contribution in [0.25, 0.3) is 0 Å². The maximum atomic E-state index is 12.1. The summed E-state index contributed by atoms with van der Waals surface area (Å²) in [5.74, 6) is -0.394. The summed E-state index contributed by atoms with van der Waals surface area (Å²) in [4.78, 5) is 24.2. The molecule has 0 heterocycles. The van der Waals surface area contributed by atoms with Gasteiger partial charge in [0.1, 0.15) is 0 Å². The Hall–Kier alpha value is -2.57. The second kappa shape index (κ2) is 9.79. The van der Waals surface area contributed by atoms with Crippen molar-refractivity contribution in [3.63, 3.8) is 0 Å². The second-order valence-electron chi connectivity index (χ2n) is 5.64. The first kappa shape index (κ1) is 19.8. The van der Waals surface area contributed by atoms with Gasteiger partial charge in [-0.2, -0.15) is 0 Å². The van der Waals surface area contributed by atoms with Crippen molar-refractivity contribution in [3.8, 4) is 0 Å². The van der Waals surface area contributed by atoms with E-state index in [-0.39, 0.29) is 18.4 Å². The smallest absolute Gasteiger partial charge is 0.251 e. The van der Waals surface area contributed by atoms with Crippen LogP contribution in [0.5, 0.6) is 0 Å². The Kier molecular flexibility index (Phi) is 7.44. The molecule has 2 rings (SSSR count). The van der Waals surface area contributed by atoms with Crippen LogP contribution in [0.15, 0.2) is 42.5 Å². The van der Waals surface area contributed by atoms with Crippen LogP contribution in [0.1, 0.15) is 15.9 Å². The summed E-state index contributed by atoms with van der Waals surface area (Å²) in [7, 11) is 1.58. The predicted octanol–water partition coefficient (Wildman–Crippen LogP) is 3.08. The van der Waals surface area contributed by atoms with Crippen molar-refractivity contribution in [2.24, 2.45) is 0 Å². The van der Waals surface area contributed by atoms with Crippen molar-refractivity contribution in [1.29, 1.82) is 0 Å². The lowest BCUT2D eigenvalue weighted by molar-refractivity contribution is -0.114. The van der Waals surface area contributed by atoms with Crippen LogP contribution >= 0.6 is 11.6 Å². The number of carbonyl (C=O) groups excluding carboxylic acids is 2. The van der Waals surface area contributed by atoms with Crippen LogP contribution in [-0.4, -0.2) is 38.6 Å². The van der Waals surface area contributed by atoms with Gasteiger partial charge in [-0.15, -0.1) is 0 Å². The monoisotopic (exact) mass is 375 g/mol. The molecule has 7 heteroatoms. The van der Waals surface area contributed by atoms with Gasteiger partial charge in [0.2, 0.25) is 5.91 Å². The van der Waals surface area contributed by atoms with Crippen molar-refractivity contribution in [2.45, 2.75) is 6.92 Å². The fraction of sp³-hybridized carbons (Fsp3) is 0.263. The maximum Gasteiger partial charge on any atom is 0.251 e. The molecule has 3 N–H and O–H groups in total. The molecule has 0 fully saturated rings. The number of anilines is 2. The van der Waals surface area contributed by atoms with Crippen molar-refractivity contribution >= 4 is 34.8 Å². The summed E-state index contributed by atoms with van der Waals surface area (Å²) in [6.07, 6.45) is 0. The van der Waals surface area contributed by atoms with Gasteiger partial charge in [-0.1, -0.05) is 23.7 Å². The Labute approximate surface area is 157 Å². The minimum Gasteiger partial charge on any atom is -0.383 e. The van der Waals surface area contributed by atoms with Gasteiger partial charge in [-0.05, 0) is 42.8 Å². The van der Waals surface area contributed by atoms with E-state index in [9.17, 15) is 9.59 Å². The molecule has 26 heavy (non-hydrogen) atoms. The minimum absolute atomic E-state index is 0.0701. The van der Waals surface area contributed by atoms with Gasteiger partial charge in [-0.3, -0.25) is 9.59 Å². The van der Waals surface area contributed by atoms with E-state index in [2.05, 4.69) is 16.0 Å². The minimum atomic E-state index is -0.203. The zero-order valence-electron chi connectivity index (χ0n) is 14.8. The van der Waals surface area contributed by atoms with Crippen molar-refractivity contribution < 1.29 is 14.3 Å². The van der Waals surface area contributed by atoms with Crippen molar-refractivity contribution in [2.75, 3.05) is 37.4 Å². The lowest BCUT2D eigenvalue weighted by atomic mass is 10.2. The number of amides is 2. The molecular weight excluding hydrogens is 354 g/mol. The summed E-state index contributed by atoms with van der Waals surface area (Å²) in [6.45, 7) is 2.80. The summed E-state index contributed by atoms with van der Waals surface area (Å²) < 4.78 is 4.90. The number of hydrogen-bond acceptors (Lipinski definition) is 4. The number of rotatable bonds is 8. The molecule has 138 valence electrons. The second-order valence-corrected chi connectivity index (χ2v) is 6.05. The SMILES string of the molecule is COCCNC(=O)c1cccc(NCC(=O)Nc2cccc(Cl)c2C)c1. The van der Waals surface area contributed by atoms with E-state index >= 15 is 0 Å². The molecule has 0 unspecified atom stereocenters. The van der Waals surface area contributed by atoms with Crippen LogP contribution in [0.4, 0.5) is 11.4 Å². The van der Waals surface area contributed by atoms with E-state index < -0.39 is 0 Å². The lowest BCUT2D eigenvalue weighted by Crippen LogP contribution is -2.27. The molecule has 0 aromatic heterocycles. The van der Waals surface area contributed by atoms with E-state index in [1.54, 1.807) is 49.6 Å². The first-order valence-corrected chi connectivity index (χ1v) is 8.55. The highest BCUT2D eigenvalue weighted by atomic mass is 35.5. The standard InChI is InChI=1S/C19H22ClN3O3/c1-13-16(20)7-4-8-17(13)23-18(24)12-22-15-6-3-5-14(11-15)19(25)21-9-10-26-2/h3-8,11,22H,9-10,12H2,1-2H3,(H,21,25)(H,23,24). The van der Waals surface area contributed by atoms with Crippen molar-refractivity contribution in [1.82, 2.24) is 5.32 Å². The molecular formula is C19H22ClN3O3. The molecule has 0 saturated carbocycles. The zero-order valence-corrected chi connectivity index (χ0v) is 15.5.